The zero-order valence-electron chi connectivity index (χ0n) is 10.8. The summed E-state index contributed by atoms with van der Waals surface area (Å²) >= 11 is 0. The van der Waals surface area contributed by atoms with Crippen molar-refractivity contribution in [1.29, 1.82) is 0 Å². The lowest BCUT2D eigenvalue weighted by atomic mass is 9.82. The van der Waals surface area contributed by atoms with Crippen molar-refractivity contribution in [2.24, 2.45) is 23.5 Å². The van der Waals surface area contributed by atoms with Crippen LogP contribution in [-0.4, -0.2) is 41.0 Å². The maximum absolute atomic E-state index is 12.2. The van der Waals surface area contributed by atoms with Crippen LogP contribution in [-0.2, 0) is 9.59 Å². The highest BCUT2D eigenvalue weighted by Crippen LogP contribution is 2.30. The van der Waals surface area contributed by atoms with Gasteiger partial charge in [0.25, 0.3) is 0 Å². The van der Waals surface area contributed by atoms with Crippen molar-refractivity contribution in [3.63, 3.8) is 0 Å². The quantitative estimate of drug-likeness (QED) is 0.776. The molecule has 0 bridgehead atoms. The van der Waals surface area contributed by atoms with E-state index >= 15 is 0 Å². The fraction of sp³-hybridized carbons (Fsp3) is 0.846. The molecule has 0 spiro atoms. The summed E-state index contributed by atoms with van der Waals surface area (Å²) in [5.74, 6) is -0.677. The number of nitrogens with two attached hydrogens (primary N) is 1. The van der Waals surface area contributed by atoms with E-state index in [-0.39, 0.29) is 29.7 Å². The van der Waals surface area contributed by atoms with Crippen LogP contribution in [0.1, 0.15) is 32.6 Å². The Hall–Kier alpha value is -1.10. The summed E-state index contributed by atoms with van der Waals surface area (Å²) in [6, 6.07) is 0.255. The van der Waals surface area contributed by atoms with Crippen LogP contribution in [0, 0.1) is 17.8 Å². The predicted octanol–water partition coefficient (Wildman–Crippen LogP) is 0.683. The molecule has 1 saturated heterocycles. The first-order valence-corrected chi connectivity index (χ1v) is 6.76. The third-order valence-corrected chi connectivity index (χ3v) is 4.44. The zero-order valence-corrected chi connectivity index (χ0v) is 10.8. The average molecular weight is 254 g/mol. The van der Waals surface area contributed by atoms with Crippen molar-refractivity contribution in [3.05, 3.63) is 0 Å². The Bertz CT molecular complexity index is 331. The molecule has 102 valence electrons. The molecule has 0 aromatic rings. The Kier molecular flexibility index (Phi) is 3.90. The number of hydrogen-bond acceptors (Lipinski definition) is 3. The van der Waals surface area contributed by atoms with E-state index in [1.807, 2.05) is 4.90 Å². The van der Waals surface area contributed by atoms with Crippen molar-refractivity contribution in [2.45, 2.75) is 38.6 Å². The van der Waals surface area contributed by atoms with E-state index in [1.54, 1.807) is 6.92 Å². The Morgan fingerprint density at radius 2 is 1.78 bits per heavy atom. The molecule has 2 rings (SSSR count). The molecule has 1 heterocycles. The maximum atomic E-state index is 12.2. The van der Waals surface area contributed by atoms with Crippen LogP contribution in [0.15, 0.2) is 0 Å². The summed E-state index contributed by atoms with van der Waals surface area (Å²) in [6.45, 7) is 2.93. The fourth-order valence-corrected chi connectivity index (χ4v) is 2.83. The first kappa shape index (κ1) is 13.3. The molecular formula is C13H22N2O3. The molecule has 1 unspecified atom stereocenters. The largest absolute Gasteiger partial charge is 0.481 e. The van der Waals surface area contributed by atoms with Crippen molar-refractivity contribution >= 4 is 11.9 Å². The third-order valence-electron chi connectivity index (χ3n) is 4.44. The van der Waals surface area contributed by atoms with Gasteiger partial charge in [-0.3, -0.25) is 9.59 Å². The summed E-state index contributed by atoms with van der Waals surface area (Å²) in [4.78, 5) is 24.8. The molecule has 1 aliphatic heterocycles. The van der Waals surface area contributed by atoms with Gasteiger partial charge >= 0.3 is 5.97 Å². The van der Waals surface area contributed by atoms with Crippen LogP contribution in [0.25, 0.3) is 0 Å². The number of likely N-dealkylation sites (tertiary alicyclic amines) is 1. The lowest BCUT2D eigenvalue weighted by Crippen LogP contribution is -2.55. The van der Waals surface area contributed by atoms with Gasteiger partial charge in [-0.15, -0.1) is 0 Å². The second kappa shape index (κ2) is 5.26. The molecule has 1 atom stereocenters. The molecule has 1 aliphatic carbocycles. The molecule has 2 aliphatic rings. The summed E-state index contributed by atoms with van der Waals surface area (Å²) in [5.41, 5.74) is 5.82. The second-order valence-corrected chi connectivity index (χ2v) is 5.74. The number of carbonyl (C=O) groups excluding carboxylic acids is 1. The van der Waals surface area contributed by atoms with E-state index in [0.717, 1.165) is 25.7 Å². The maximum Gasteiger partial charge on any atom is 0.306 e. The highest BCUT2D eigenvalue weighted by molar-refractivity contribution is 5.80. The highest BCUT2D eigenvalue weighted by Gasteiger charge is 2.39. The van der Waals surface area contributed by atoms with E-state index in [1.165, 1.54) is 0 Å². The summed E-state index contributed by atoms with van der Waals surface area (Å²) in [7, 11) is 0. The topological polar surface area (TPSA) is 83.6 Å². The monoisotopic (exact) mass is 254 g/mol. The molecule has 3 N–H and O–H groups in total. The molecule has 0 aromatic heterocycles. The summed E-state index contributed by atoms with van der Waals surface area (Å²) in [5, 5.41) is 8.90. The highest BCUT2D eigenvalue weighted by atomic mass is 16.4. The van der Waals surface area contributed by atoms with Gasteiger partial charge in [-0.25, -0.2) is 0 Å². The number of carboxylic acid groups (broad SMARTS) is 1. The van der Waals surface area contributed by atoms with Crippen LogP contribution < -0.4 is 5.73 Å². The Morgan fingerprint density at radius 1 is 1.22 bits per heavy atom. The smallest absolute Gasteiger partial charge is 0.306 e. The van der Waals surface area contributed by atoms with E-state index in [4.69, 9.17) is 10.8 Å². The number of carbonyl (C=O) groups is 2. The second-order valence-electron chi connectivity index (χ2n) is 5.74. The lowest BCUT2D eigenvalue weighted by Gasteiger charge is -2.43. The molecule has 0 aromatic carbocycles. The van der Waals surface area contributed by atoms with Gasteiger partial charge in [0.2, 0.25) is 5.91 Å². The van der Waals surface area contributed by atoms with Crippen LogP contribution in [0.4, 0.5) is 0 Å². The number of aliphatic carboxylic acids is 1. The molecule has 0 radical (unpaired) electrons. The average Bonchev–Trinajstić information content (AvgIpc) is 2.27. The van der Waals surface area contributed by atoms with Crippen LogP contribution in [0.2, 0.25) is 0 Å². The van der Waals surface area contributed by atoms with Gasteiger partial charge in [-0.1, -0.05) is 6.92 Å². The summed E-state index contributed by atoms with van der Waals surface area (Å²) in [6.07, 6.45) is 3.63. The zero-order chi connectivity index (χ0) is 13.3. The van der Waals surface area contributed by atoms with Gasteiger partial charge in [0.15, 0.2) is 0 Å². The SMILES string of the molecule is CC(C(=O)O)C1CN(C(=O)C2CCC(N)CC2)C1. The van der Waals surface area contributed by atoms with Gasteiger partial charge in [0.1, 0.15) is 0 Å². The molecule has 2 fully saturated rings. The Labute approximate surface area is 107 Å². The minimum Gasteiger partial charge on any atom is -0.481 e. The van der Waals surface area contributed by atoms with Crippen molar-refractivity contribution in [2.75, 3.05) is 13.1 Å². The molecule has 5 nitrogen and oxygen atoms in total. The minimum absolute atomic E-state index is 0.117. The standard InChI is InChI=1S/C13H22N2O3/c1-8(13(17)18)10-6-15(7-10)12(16)9-2-4-11(14)5-3-9/h8-11H,2-7,14H2,1H3,(H,17,18). The summed E-state index contributed by atoms with van der Waals surface area (Å²) < 4.78 is 0. The van der Waals surface area contributed by atoms with E-state index < -0.39 is 5.97 Å². The number of carboxylic acids is 1. The predicted molar refractivity (Wildman–Crippen MR) is 66.8 cm³/mol. The van der Waals surface area contributed by atoms with Gasteiger partial charge in [0.05, 0.1) is 5.92 Å². The van der Waals surface area contributed by atoms with E-state index in [2.05, 4.69) is 0 Å². The first-order chi connectivity index (χ1) is 8.49. The fourth-order valence-electron chi connectivity index (χ4n) is 2.83. The molecule has 1 saturated carbocycles. The van der Waals surface area contributed by atoms with Gasteiger partial charge in [-0.05, 0) is 25.7 Å². The van der Waals surface area contributed by atoms with Crippen LogP contribution in [0.5, 0.6) is 0 Å². The van der Waals surface area contributed by atoms with Crippen LogP contribution >= 0.6 is 0 Å². The molecule has 18 heavy (non-hydrogen) atoms. The first-order valence-electron chi connectivity index (χ1n) is 6.76. The van der Waals surface area contributed by atoms with Gasteiger partial charge in [0, 0.05) is 31.0 Å². The van der Waals surface area contributed by atoms with Gasteiger partial charge < -0.3 is 15.7 Å². The Morgan fingerprint density at radius 3 is 2.28 bits per heavy atom. The van der Waals surface area contributed by atoms with E-state index in [0.29, 0.717) is 13.1 Å². The molecular weight excluding hydrogens is 232 g/mol. The number of rotatable bonds is 3. The number of hydrogen-bond donors (Lipinski definition) is 2. The third kappa shape index (κ3) is 2.66. The normalized spacial score (nSPS) is 30.7. The number of nitrogens with zero attached hydrogens (tertiary/aromatic N) is 1. The Balaban J connectivity index is 1.78. The van der Waals surface area contributed by atoms with Crippen molar-refractivity contribution < 1.29 is 14.7 Å². The van der Waals surface area contributed by atoms with Crippen molar-refractivity contribution in [3.8, 4) is 0 Å². The van der Waals surface area contributed by atoms with Crippen LogP contribution in [0.3, 0.4) is 0 Å². The number of amides is 1. The minimum atomic E-state index is -0.768. The lowest BCUT2D eigenvalue weighted by molar-refractivity contribution is -0.152. The molecule has 5 heteroatoms. The molecule has 1 amide bonds. The van der Waals surface area contributed by atoms with Gasteiger partial charge in [-0.2, -0.15) is 0 Å². The van der Waals surface area contributed by atoms with Crippen molar-refractivity contribution in [1.82, 2.24) is 4.90 Å². The van der Waals surface area contributed by atoms with E-state index in [9.17, 15) is 9.59 Å².